The Balaban J connectivity index is 2.45. The van der Waals surface area contributed by atoms with Gasteiger partial charge in [0.2, 0.25) is 0 Å². The number of carbonyl (C=O) groups is 1. The summed E-state index contributed by atoms with van der Waals surface area (Å²) >= 11 is 6.18. The van der Waals surface area contributed by atoms with E-state index < -0.39 is 0 Å². The van der Waals surface area contributed by atoms with Gasteiger partial charge in [-0.15, -0.1) is 5.10 Å². The summed E-state index contributed by atoms with van der Waals surface area (Å²) in [4.78, 5) is 12.1. The highest BCUT2D eigenvalue weighted by Crippen LogP contribution is 2.29. The van der Waals surface area contributed by atoms with Gasteiger partial charge in [0.05, 0.1) is 23.4 Å². The molecule has 106 valence electrons. The van der Waals surface area contributed by atoms with Crippen molar-refractivity contribution >= 4 is 17.5 Å². The standard InChI is InChI=1S/C12H14ClN5O2/c1-7(2)15-12(19)8-4-9(13)10(5-11(8)20-3)18-6-14-16-17-18/h4-7H,1-3H3,(H,15,19). The molecule has 1 amide bonds. The van der Waals surface area contributed by atoms with Crippen LogP contribution >= 0.6 is 11.6 Å². The van der Waals surface area contributed by atoms with Crippen LogP contribution in [0.3, 0.4) is 0 Å². The molecule has 1 aromatic heterocycles. The molecule has 8 heteroatoms. The number of halogens is 1. The minimum Gasteiger partial charge on any atom is -0.496 e. The Morgan fingerprint density at radius 1 is 1.45 bits per heavy atom. The fraction of sp³-hybridized carbons (Fsp3) is 0.333. The van der Waals surface area contributed by atoms with Crippen molar-refractivity contribution < 1.29 is 9.53 Å². The number of methoxy groups -OCH3 is 1. The first-order chi connectivity index (χ1) is 9.52. The summed E-state index contributed by atoms with van der Waals surface area (Å²) in [5.74, 6) is 0.153. The maximum absolute atomic E-state index is 12.1. The number of tetrazole rings is 1. The molecule has 2 rings (SSSR count). The maximum Gasteiger partial charge on any atom is 0.255 e. The first-order valence-electron chi connectivity index (χ1n) is 5.94. The third kappa shape index (κ3) is 2.88. The minimum atomic E-state index is -0.248. The van der Waals surface area contributed by atoms with Crippen molar-refractivity contribution in [2.45, 2.75) is 19.9 Å². The fourth-order valence-electron chi connectivity index (χ4n) is 1.68. The molecule has 0 atom stereocenters. The highest BCUT2D eigenvalue weighted by Gasteiger charge is 2.17. The maximum atomic E-state index is 12.1. The van der Waals surface area contributed by atoms with E-state index in [-0.39, 0.29) is 11.9 Å². The van der Waals surface area contributed by atoms with E-state index in [1.807, 2.05) is 13.8 Å². The quantitative estimate of drug-likeness (QED) is 0.923. The number of rotatable bonds is 4. The third-order valence-corrected chi connectivity index (χ3v) is 2.83. The van der Waals surface area contributed by atoms with Gasteiger partial charge in [0.25, 0.3) is 5.91 Å². The average Bonchev–Trinajstić information content (AvgIpc) is 2.91. The Hall–Kier alpha value is -2.15. The van der Waals surface area contributed by atoms with Crippen LogP contribution in [0.5, 0.6) is 5.75 Å². The number of amides is 1. The topological polar surface area (TPSA) is 81.9 Å². The van der Waals surface area contributed by atoms with Gasteiger partial charge in [0, 0.05) is 12.1 Å². The van der Waals surface area contributed by atoms with Crippen LogP contribution in [0.2, 0.25) is 5.02 Å². The second kappa shape index (κ2) is 5.87. The van der Waals surface area contributed by atoms with E-state index in [9.17, 15) is 4.79 Å². The van der Waals surface area contributed by atoms with Crippen molar-refractivity contribution in [3.05, 3.63) is 29.0 Å². The van der Waals surface area contributed by atoms with Gasteiger partial charge in [-0.3, -0.25) is 4.79 Å². The molecule has 0 fully saturated rings. The zero-order valence-electron chi connectivity index (χ0n) is 11.3. The molecule has 1 N–H and O–H groups in total. The van der Waals surface area contributed by atoms with E-state index in [1.165, 1.54) is 24.2 Å². The van der Waals surface area contributed by atoms with Crippen LogP contribution in [-0.4, -0.2) is 39.3 Å². The normalized spacial score (nSPS) is 10.7. The van der Waals surface area contributed by atoms with E-state index in [4.69, 9.17) is 16.3 Å². The number of ether oxygens (including phenoxy) is 1. The Morgan fingerprint density at radius 2 is 2.20 bits per heavy atom. The van der Waals surface area contributed by atoms with E-state index in [0.717, 1.165) is 0 Å². The molecule has 0 radical (unpaired) electrons. The molecule has 0 saturated carbocycles. The Morgan fingerprint density at radius 3 is 2.75 bits per heavy atom. The summed E-state index contributed by atoms with van der Waals surface area (Å²) < 4.78 is 6.64. The molecule has 1 heterocycles. The van der Waals surface area contributed by atoms with Crippen molar-refractivity contribution in [2.24, 2.45) is 0 Å². The number of benzene rings is 1. The molecule has 7 nitrogen and oxygen atoms in total. The predicted octanol–water partition coefficient (Wildman–Crippen LogP) is 1.46. The molecule has 0 unspecified atom stereocenters. The lowest BCUT2D eigenvalue weighted by Gasteiger charge is -2.13. The zero-order chi connectivity index (χ0) is 14.7. The number of carbonyl (C=O) groups excluding carboxylic acids is 1. The lowest BCUT2D eigenvalue weighted by atomic mass is 10.1. The molecule has 0 aliphatic rings. The van der Waals surface area contributed by atoms with Gasteiger partial charge in [-0.2, -0.15) is 4.68 Å². The summed E-state index contributed by atoms with van der Waals surface area (Å²) in [6.07, 6.45) is 1.41. The van der Waals surface area contributed by atoms with Gasteiger partial charge in [-0.05, 0) is 30.3 Å². The summed E-state index contributed by atoms with van der Waals surface area (Å²) in [6.45, 7) is 3.75. The zero-order valence-corrected chi connectivity index (χ0v) is 12.0. The number of nitrogens with zero attached hydrogens (tertiary/aromatic N) is 4. The molecular weight excluding hydrogens is 282 g/mol. The highest BCUT2D eigenvalue weighted by atomic mass is 35.5. The number of nitrogens with one attached hydrogen (secondary N) is 1. The Labute approximate surface area is 120 Å². The minimum absolute atomic E-state index is 0.0187. The summed E-state index contributed by atoms with van der Waals surface area (Å²) in [5.41, 5.74) is 0.901. The number of hydrogen-bond acceptors (Lipinski definition) is 5. The largest absolute Gasteiger partial charge is 0.496 e. The van der Waals surface area contributed by atoms with Crippen LogP contribution in [0, 0.1) is 0 Å². The molecule has 0 saturated heterocycles. The van der Waals surface area contributed by atoms with Crippen molar-refractivity contribution in [1.82, 2.24) is 25.5 Å². The van der Waals surface area contributed by atoms with E-state index in [0.29, 0.717) is 22.0 Å². The SMILES string of the molecule is COc1cc(-n2cnnn2)c(Cl)cc1C(=O)NC(C)C. The molecular formula is C12H14ClN5O2. The van der Waals surface area contributed by atoms with E-state index in [2.05, 4.69) is 20.8 Å². The molecule has 2 aromatic rings. The van der Waals surface area contributed by atoms with Crippen LogP contribution in [0.15, 0.2) is 18.5 Å². The second-order valence-corrected chi connectivity index (χ2v) is 4.79. The van der Waals surface area contributed by atoms with Crippen LogP contribution in [-0.2, 0) is 0 Å². The van der Waals surface area contributed by atoms with Crippen LogP contribution in [0.1, 0.15) is 24.2 Å². The molecule has 1 aromatic carbocycles. The molecule has 0 aliphatic carbocycles. The average molecular weight is 296 g/mol. The first-order valence-corrected chi connectivity index (χ1v) is 6.32. The van der Waals surface area contributed by atoms with Crippen molar-refractivity contribution in [3.63, 3.8) is 0 Å². The van der Waals surface area contributed by atoms with Gasteiger partial charge in [-0.25, -0.2) is 0 Å². The predicted molar refractivity (Wildman–Crippen MR) is 73.3 cm³/mol. The van der Waals surface area contributed by atoms with Gasteiger partial charge >= 0.3 is 0 Å². The summed E-state index contributed by atoms with van der Waals surface area (Å²) in [5, 5.41) is 14.0. The monoisotopic (exact) mass is 295 g/mol. The van der Waals surface area contributed by atoms with Crippen LogP contribution in [0.4, 0.5) is 0 Å². The van der Waals surface area contributed by atoms with E-state index >= 15 is 0 Å². The summed E-state index contributed by atoms with van der Waals surface area (Å²) in [6, 6.07) is 3.17. The smallest absolute Gasteiger partial charge is 0.255 e. The van der Waals surface area contributed by atoms with Crippen LogP contribution in [0.25, 0.3) is 5.69 Å². The molecule has 0 bridgehead atoms. The van der Waals surface area contributed by atoms with Crippen molar-refractivity contribution in [2.75, 3.05) is 7.11 Å². The van der Waals surface area contributed by atoms with Crippen molar-refractivity contribution in [3.8, 4) is 11.4 Å². The van der Waals surface area contributed by atoms with Gasteiger partial charge in [0.15, 0.2) is 0 Å². The van der Waals surface area contributed by atoms with E-state index in [1.54, 1.807) is 6.07 Å². The highest BCUT2D eigenvalue weighted by molar-refractivity contribution is 6.33. The second-order valence-electron chi connectivity index (χ2n) is 4.39. The molecule has 20 heavy (non-hydrogen) atoms. The van der Waals surface area contributed by atoms with Crippen LogP contribution < -0.4 is 10.1 Å². The summed E-state index contributed by atoms with van der Waals surface area (Å²) in [7, 11) is 1.48. The first kappa shape index (κ1) is 14.3. The lowest BCUT2D eigenvalue weighted by Crippen LogP contribution is -2.30. The Kier molecular flexibility index (Phi) is 4.19. The fourth-order valence-corrected chi connectivity index (χ4v) is 1.93. The molecule has 0 spiro atoms. The Bertz CT molecular complexity index is 613. The van der Waals surface area contributed by atoms with Crippen molar-refractivity contribution in [1.29, 1.82) is 0 Å². The number of aromatic nitrogens is 4. The third-order valence-electron chi connectivity index (χ3n) is 2.53. The molecule has 0 aliphatic heterocycles. The van der Waals surface area contributed by atoms with Gasteiger partial charge < -0.3 is 10.1 Å². The number of hydrogen-bond donors (Lipinski definition) is 1. The van der Waals surface area contributed by atoms with Gasteiger partial charge in [-0.1, -0.05) is 11.6 Å². The van der Waals surface area contributed by atoms with Gasteiger partial charge in [0.1, 0.15) is 12.1 Å². The lowest BCUT2D eigenvalue weighted by molar-refractivity contribution is 0.0940.